The van der Waals surface area contributed by atoms with Crippen LogP contribution in [0.2, 0.25) is 9.76 Å². The van der Waals surface area contributed by atoms with Crippen LogP contribution >= 0.6 is 0 Å². The predicted molar refractivity (Wildman–Crippen MR) is 305 cm³/mol. The normalized spacial score (nSPS) is 20.1. The average molecular weight is 1090 g/mol. The van der Waals surface area contributed by atoms with Gasteiger partial charge in [-0.25, -0.2) is 0 Å². The molecule has 6 rings (SSSR count). The minimum absolute atomic E-state index is 0. The summed E-state index contributed by atoms with van der Waals surface area (Å²) in [4.78, 5) is 0. The molecular weight excluding hydrogens is 987 g/mol. The standard InChI is InChI=1S/C67H103Si.3ClH.Ti/c1-7-13-19-25-35-54-45-55(36-26-20-14-8-2)49-60(48-54)68(67-65-43-33-31-41-63(65)64-42-32-34-44-66(64)67,61-50-56(37-27-21-15-9-3)46-57(51-61)38-28-22-16-10-4)62-52-58(39-29-23-17-11-5)47-59(53-62)40-30-24-18-12-6;;;;/h31,33,41,43-53,63-67H,7-30,32,34-40,42H2,1-6H3;3*1H;/q;;;;+3/p-3. The molecule has 3 aliphatic rings. The van der Waals surface area contributed by atoms with Gasteiger partial charge in [0.1, 0.15) is 0 Å². The molecule has 0 N–H and O–H groups in total. The van der Waals surface area contributed by atoms with E-state index >= 15 is 0 Å². The monoisotopic (exact) mass is 1090 g/mol. The number of hydrogen-bond acceptors (Lipinski definition) is 0. The van der Waals surface area contributed by atoms with Crippen molar-refractivity contribution >= 4 is 23.6 Å². The van der Waals surface area contributed by atoms with E-state index in [0.717, 1.165) is 16.1 Å². The maximum absolute atomic E-state index is 2.91. The maximum atomic E-state index is 2.91. The van der Waals surface area contributed by atoms with E-state index in [1.54, 1.807) is 48.9 Å². The van der Waals surface area contributed by atoms with Gasteiger partial charge in [-0.05, 0) is 0 Å². The molecule has 6 unspecified atom stereocenters. The van der Waals surface area contributed by atoms with Crippen LogP contribution < -0.4 is 52.8 Å². The first-order chi connectivity index (χ1) is 33.9. The second-order valence-corrected chi connectivity index (χ2v) is 28.2. The third-order valence-electron chi connectivity index (χ3n) is 17.5. The van der Waals surface area contributed by atoms with Crippen molar-refractivity contribution in [1.82, 2.24) is 0 Å². The van der Waals surface area contributed by atoms with Crippen molar-refractivity contribution in [3.8, 4) is 0 Å². The summed E-state index contributed by atoms with van der Waals surface area (Å²) in [7, 11) is -2.85. The van der Waals surface area contributed by atoms with E-state index in [1.165, 1.54) is 212 Å². The summed E-state index contributed by atoms with van der Waals surface area (Å²) in [5.74, 6) is 2.75. The Kier molecular flexibility index (Phi) is 32.7. The molecule has 3 aliphatic carbocycles. The molecule has 0 bridgehead atoms. The summed E-state index contributed by atoms with van der Waals surface area (Å²) < 4.78 is 0.746. The Morgan fingerprint density at radius 3 is 0.958 bits per heavy atom. The zero-order valence-electron chi connectivity index (χ0n) is 46.9. The van der Waals surface area contributed by atoms with Crippen LogP contribution in [0.5, 0.6) is 0 Å². The van der Waals surface area contributed by atoms with Gasteiger partial charge < -0.3 is 37.2 Å². The molecule has 3 aromatic rings. The first kappa shape index (κ1) is 65.2. The molecule has 0 nitrogen and oxygen atoms in total. The molecule has 0 heterocycles. The number of halogens is 3. The van der Waals surface area contributed by atoms with Crippen molar-refractivity contribution in [3.63, 3.8) is 0 Å². The van der Waals surface area contributed by atoms with Crippen LogP contribution in [-0.2, 0) is 59.0 Å². The van der Waals surface area contributed by atoms with Crippen LogP contribution in [0.1, 0.15) is 248 Å². The smallest absolute Gasteiger partial charge is 1.00 e. The summed E-state index contributed by atoms with van der Waals surface area (Å²) in [5, 5.41) is 5.39. The molecule has 0 aliphatic heterocycles. The van der Waals surface area contributed by atoms with Crippen LogP contribution in [0.4, 0.5) is 0 Å². The second-order valence-electron chi connectivity index (χ2n) is 23.0. The van der Waals surface area contributed by atoms with Crippen molar-refractivity contribution in [2.45, 2.75) is 263 Å². The molecule has 2 fully saturated rings. The van der Waals surface area contributed by atoms with Crippen molar-refractivity contribution in [3.05, 3.63) is 112 Å². The van der Waals surface area contributed by atoms with Gasteiger partial charge in [-0.2, -0.15) is 0 Å². The molecule has 0 spiro atoms. The topological polar surface area (TPSA) is 0 Å². The van der Waals surface area contributed by atoms with E-state index in [-0.39, 0.29) is 37.2 Å². The minimum atomic E-state index is -2.85. The molecular formula is C67H103Cl3SiTi. The maximum Gasteiger partial charge on any atom is -1.00 e. The van der Waals surface area contributed by atoms with E-state index in [0.29, 0.717) is 17.4 Å². The Balaban J connectivity index is 0.00000456. The van der Waals surface area contributed by atoms with Crippen molar-refractivity contribution in [2.75, 3.05) is 0 Å². The van der Waals surface area contributed by atoms with Gasteiger partial charge in [-0.15, -0.1) is 0 Å². The summed E-state index contributed by atoms with van der Waals surface area (Å²) in [5.41, 5.74) is 10.5. The van der Waals surface area contributed by atoms with Crippen LogP contribution in [0.15, 0.2) is 78.9 Å². The first-order valence-electron chi connectivity index (χ1n) is 30.4. The van der Waals surface area contributed by atoms with Gasteiger partial charge in [0.05, 0.1) is 0 Å². The fourth-order valence-electron chi connectivity index (χ4n) is 13.9. The van der Waals surface area contributed by atoms with Gasteiger partial charge in [0.25, 0.3) is 0 Å². The van der Waals surface area contributed by atoms with E-state index in [9.17, 15) is 0 Å². The summed E-state index contributed by atoms with van der Waals surface area (Å²) in [6, 6.07) is 25.6. The van der Waals surface area contributed by atoms with Gasteiger partial charge >= 0.3 is 402 Å². The van der Waals surface area contributed by atoms with Crippen molar-refractivity contribution in [2.24, 2.45) is 23.7 Å². The van der Waals surface area contributed by atoms with Gasteiger partial charge in [-0.3, -0.25) is 0 Å². The number of rotatable bonds is 34. The van der Waals surface area contributed by atoms with E-state index in [2.05, 4.69) is 141 Å². The van der Waals surface area contributed by atoms with Crippen molar-refractivity contribution < 1.29 is 57.7 Å². The minimum Gasteiger partial charge on any atom is -1.00 e. The predicted octanol–water partition coefficient (Wildman–Crippen LogP) is 9.40. The summed E-state index contributed by atoms with van der Waals surface area (Å²) >= 11 is 2.73. The summed E-state index contributed by atoms with van der Waals surface area (Å²) in [6.07, 6.45) is 54.0. The number of unbranched alkanes of at least 4 members (excludes halogenated alkanes) is 18. The molecule has 5 heteroatoms. The Hall–Kier alpha value is -1.06. The number of benzene rings is 3. The third-order valence-corrected chi connectivity index (χ3v) is 23.9. The van der Waals surface area contributed by atoms with Gasteiger partial charge in [0.2, 0.25) is 0 Å². The Labute approximate surface area is 476 Å². The van der Waals surface area contributed by atoms with Gasteiger partial charge in [0, 0.05) is 0 Å². The Morgan fingerprint density at radius 2 is 0.667 bits per heavy atom. The number of aryl methyl sites for hydroxylation is 6. The van der Waals surface area contributed by atoms with E-state index in [4.69, 9.17) is 0 Å². The molecule has 6 atom stereocenters. The number of hydrogen-bond donors (Lipinski definition) is 0. The van der Waals surface area contributed by atoms with Crippen LogP contribution in [0.3, 0.4) is 0 Å². The van der Waals surface area contributed by atoms with E-state index in [1.807, 2.05) is 0 Å². The summed E-state index contributed by atoms with van der Waals surface area (Å²) in [6.45, 7) is 14.3. The second kappa shape index (κ2) is 36.1. The largest absolute Gasteiger partial charge is 1.00 e. The molecule has 72 heavy (non-hydrogen) atoms. The third kappa shape index (κ3) is 18.3. The quantitative estimate of drug-likeness (QED) is 0.0318. The van der Waals surface area contributed by atoms with Crippen LogP contribution in [0.25, 0.3) is 0 Å². The molecule has 0 amide bonds. The molecule has 0 saturated heterocycles. The fraction of sp³-hybridized carbons (Fsp3) is 0.672. The van der Waals surface area contributed by atoms with Crippen LogP contribution in [-0.4, -0.2) is 8.07 Å². The van der Waals surface area contributed by atoms with E-state index < -0.39 is 8.07 Å². The van der Waals surface area contributed by atoms with Gasteiger partial charge in [-0.1, -0.05) is 41.5 Å². The molecule has 0 radical (unpaired) electrons. The molecule has 2 saturated carbocycles. The number of allylic oxidation sites excluding steroid dienone is 4. The zero-order chi connectivity index (χ0) is 48.7. The SMILES string of the molecule is CCCCCCc1cc(CCCCCC)cc([Si](c2cc(CCCCCC)cc(CCCCCC)c2)(c2cc(CCCCCC)cc(CCCCCC)c2)C2C3C=CC=CC3C3CCC[CH]([Ti+3])C32)c1.[Cl-].[Cl-].[Cl-]. The zero-order valence-corrected chi connectivity index (χ0v) is 51.8. The van der Waals surface area contributed by atoms with Gasteiger partial charge in [0.15, 0.2) is 0 Å². The fourth-order valence-corrected chi connectivity index (χ4v) is 21.9. The molecule has 0 aromatic heterocycles. The first-order valence-corrected chi connectivity index (χ1v) is 33.3. The van der Waals surface area contributed by atoms with Crippen LogP contribution in [0, 0.1) is 23.7 Å². The van der Waals surface area contributed by atoms with Crippen molar-refractivity contribution in [1.29, 1.82) is 0 Å². The molecule has 400 valence electrons. The molecule has 3 aromatic carbocycles. The number of fused-ring (bicyclic) bond motifs is 3. The Morgan fingerprint density at radius 1 is 0.375 bits per heavy atom. The Bertz CT molecular complexity index is 1720. The average Bonchev–Trinajstić information content (AvgIpc) is 3.70.